The van der Waals surface area contributed by atoms with Gasteiger partial charge in [-0.05, 0) is 45.4 Å². The van der Waals surface area contributed by atoms with E-state index >= 15 is 0 Å². The third-order valence-electron chi connectivity index (χ3n) is 6.31. The number of hydrogen-bond donors (Lipinski definition) is 0. The summed E-state index contributed by atoms with van der Waals surface area (Å²) in [7, 11) is 0. The smallest absolute Gasteiger partial charge is 0.358 e. The summed E-state index contributed by atoms with van der Waals surface area (Å²) in [5, 5.41) is 29.0. The van der Waals surface area contributed by atoms with E-state index in [2.05, 4.69) is 10.3 Å². The molecule has 0 fully saturated rings. The Morgan fingerprint density at radius 3 is 1.75 bits per heavy atom. The van der Waals surface area contributed by atoms with Gasteiger partial charge in [-0.1, -0.05) is 22.4 Å². The first kappa shape index (κ1) is 29.7. The number of nitro benzene ring substituents is 2. The summed E-state index contributed by atoms with van der Waals surface area (Å²) >= 11 is 0. The summed E-state index contributed by atoms with van der Waals surface area (Å²) in [6, 6.07) is 11.4. The number of nitrogens with zero attached hydrogens (tertiary/aromatic N) is 4. The van der Waals surface area contributed by atoms with Crippen molar-refractivity contribution in [1.82, 2.24) is 0 Å². The quantitative estimate of drug-likeness (QED) is 0.262. The molecule has 0 bridgehead atoms. The van der Waals surface area contributed by atoms with Crippen molar-refractivity contribution in [2.45, 2.75) is 45.1 Å². The maximum Gasteiger partial charge on any atom is 0.358 e. The van der Waals surface area contributed by atoms with Crippen LogP contribution in [0.5, 0.6) is 0 Å². The SMILES string of the molecule is CCOC(=O)[C@@]1(c2ccc([N+](=O)[O-])cc2)CC(C)=NO1.CCOC(=O)[C@]1(c2ccc([N+](=O)[O-])cc2)CON=C1C. The van der Waals surface area contributed by atoms with Crippen LogP contribution in [-0.2, 0) is 39.8 Å². The van der Waals surface area contributed by atoms with Gasteiger partial charge in [0, 0.05) is 36.2 Å². The van der Waals surface area contributed by atoms with Gasteiger partial charge >= 0.3 is 11.9 Å². The molecule has 4 rings (SSSR count). The average Bonchev–Trinajstić information content (AvgIpc) is 3.53. The van der Waals surface area contributed by atoms with E-state index in [9.17, 15) is 29.8 Å². The molecule has 0 unspecified atom stereocenters. The molecule has 2 aromatic rings. The molecule has 14 heteroatoms. The van der Waals surface area contributed by atoms with Crippen molar-refractivity contribution in [2.75, 3.05) is 19.8 Å². The van der Waals surface area contributed by atoms with E-state index in [0.717, 1.165) is 0 Å². The summed E-state index contributed by atoms with van der Waals surface area (Å²) in [6.07, 6.45) is 0.268. The molecule has 2 aliphatic rings. The van der Waals surface area contributed by atoms with E-state index in [1.807, 2.05) is 0 Å². The van der Waals surface area contributed by atoms with Gasteiger partial charge in [0.15, 0.2) is 5.41 Å². The Labute approximate surface area is 228 Å². The van der Waals surface area contributed by atoms with Crippen LogP contribution in [0.15, 0.2) is 58.8 Å². The topological polar surface area (TPSA) is 182 Å². The van der Waals surface area contributed by atoms with Gasteiger partial charge in [-0.15, -0.1) is 0 Å². The Bertz CT molecular complexity index is 1340. The number of nitro groups is 2. The summed E-state index contributed by atoms with van der Waals surface area (Å²) in [5.74, 6) is -1.01. The molecule has 40 heavy (non-hydrogen) atoms. The second-order valence-electron chi connectivity index (χ2n) is 8.83. The van der Waals surface area contributed by atoms with Crippen LogP contribution in [-0.4, -0.2) is 53.0 Å². The van der Waals surface area contributed by atoms with Crippen LogP contribution < -0.4 is 0 Å². The van der Waals surface area contributed by atoms with Crippen molar-refractivity contribution in [2.24, 2.45) is 10.3 Å². The molecule has 0 saturated heterocycles. The number of hydrogen-bond acceptors (Lipinski definition) is 12. The normalized spacial score (nSPS) is 21.0. The number of esters is 2. The number of non-ortho nitro benzene ring substituents is 2. The van der Waals surface area contributed by atoms with Crippen molar-refractivity contribution in [3.63, 3.8) is 0 Å². The highest BCUT2D eigenvalue weighted by Crippen LogP contribution is 2.37. The first-order valence-electron chi connectivity index (χ1n) is 12.2. The molecular formula is C26H28N4O10. The van der Waals surface area contributed by atoms with Crippen molar-refractivity contribution in [1.29, 1.82) is 0 Å². The second kappa shape index (κ2) is 12.3. The van der Waals surface area contributed by atoms with E-state index in [-0.39, 0.29) is 37.6 Å². The lowest BCUT2D eigenvalue weighted by molar-refractivity contribution is -0.385. The molecule has 2 aromatic carbocycles. The molecule has 0 aliphatic carbocycles. The van der Waals surface area contributed by atoms with Gasteiger partial charge < -0.3 is 19.1 Å². The van der Waals surface area contributed by atoms with Gasteiger partial charge in [0.1, 0.15) is 6.61 Å². The van der Waals surface area contributed by atoms with Crippen LogP contribution in [0.25, 0.3) is 0 Å². The van der Waals surface area contributed by atoms with Crippen LogP contribution >= 0.6 is 0 Å². The van der Waals surface area contributed by atoms with Crippen LogP contribution in [0.3, 0.4) is 0 Å². The molecule has 2 aliphatic heterocycles. The van der Waals surface area contributed by atoms with E-state index in [4.69, 9.17) is 19.1 Å². The van der Waals surface area contributed by atoms with Crippen molar-refractivity contribution < 1.29 is 38.6 Å². The van der Waals surface area contributed by atoms with Gasteiger partial charge in [-0.25, -0.2) is 4.79 Å². The molecule has 14 nitrogen and oxygen atoms in total. The maximum absolute atomic E-state index is 12.3. The van der Waals surface area contributed by atoms with Gasteiger partial charge in [0.05, 0.1) is 34.5 Å². The van der Waals surface area contributed by atoms with Gasteiger partial charge in [0.25, 0.3) is 17.0 Å². The zero-order valence-corrected chi connectivity index (χ0v) is 22.3. The molecule has 0 aromatic heterocycles. The first-order valence-corrected chi connectivity index (χ1v) is 12.2. The minimum atomic E-state index is -1.34. The van der Waals surface area contributed by atoms with Crippen molar-refractivity contribution in [3.05, 3.63) is 79.9 Å². The second-order valence-corrected chi connectivity index (χ2v) is 8.83. The maximum atomic E-state index is 12.3. The standard InChI is InChI=1S/2C13H14N2O5/c1-3-19-12(16)13(8-20-14-9(13)2)10-4-6-11(7-5-10)15(17)18;1-3-19-12(16)13(8-9(2)14-20-13)10-4-6-11(7-5-10)15(17)18/h2*4-7H,3,8H2,1-2H3/t2*13-/m10/s1. The molecule has 0 amide bonds. The summed E-state index contributed by atoms with van der Waals surface area (Å²) in [4.78, 5) is 55.1. The number of carbonyl (C=O) groups excluding carboxylic acids is 2. The molecule has 212 valence electrons. The number of benzene rings is 2. The average molecular weight is 557 g/mol. The van der Waals surface area contributed by atoms with Gasteiger partial charge in [-0.2, -0.15) is 0 Å². The van der Waals surface area contributed by atoms with Crippen molar-refractivity contribution in [3.8, 4) is 0 Å². The monoisotopic (exact) mass is 556 g/mol. The number of carbonyl (C=O) groups is 2. The summed E-state index contributed by atoms with van der Waals surface area (Å²) in [6.45, 7) is 7.32. The van der Waals surface area contributed by atoms with Crippen LogP contribution in [0, 0.1) is 20.2 Å². The third kappa shape index (κ3) is 5.75. The fourth-order valence-corrected chi connectivity index (χ4v) is 4.21. The fourth-order valence-electron chi connectivity index (χ4n) is 4.21. The van der Waals surface area contributed by atoms with E-state index in [1.54, 1.807) is 27.7 Å². The molecule has 0 spiro atoms. The van der Waals surface area contributed by atoms with Gasteiger partial charge in [0.2, 0.25) is 0 Å². The molecule has 0 radical (unpaired) electrons. The molecule has 0 N–H and O–H groups in total. The Kier molecular flexibility index (Phi) is 9.14. The Balaban J connectivity index is 0.000000220. The largest absolute Gasteiger partial charge is 0.465 e. The zero-order chi connectivity index (χ0) is 29.5. The molecule has 0 saturated carbocycles. The van der Waals surface area contributed by atoms with Crippen LogP contribution in [0.2, 0.25) is 0 Å². The van der Waals surface area contributed by atoms with Crippen LogP contribution in [0.4, 0.5) is 11.4 Å². The number of ether oxygens (including phenoxy) is 2. The fraction of sp³-hybridized carbons (Fsp3) is 0.385. The minimum absolute atomic E-state index is 0.0372. The minimum Gasteiger partial charge on any atom is -0.465 e. The first-order chi connectivity index (χ1) is 19.0. The molecule has 2 atom stereocenters. The predicted octanol–water partition coefficient (Wildman–Crippen LogP) is 3.95. The lowest BCUT2D eigenvalue weighted by Crippen LogP contribution is -2.44. The number of rotatable bonds is 8. The molecule has 2 heterocycles. The van der Waals surface area contributed by atoms with Crippen molar-refractivity contribution >= 4 is 34.7 Å². The van der Waals surface area contributed by atoms with Crippen LogP contribution in [0.1, 0.15) is 45.2 Å². The van der Waals surface area contributed by atoms with E-state index in [1.165, 1.54) is 48.5 Å². The summed E-state index contributed by atoms with van der Waals surface area (Å²) in [5.41, 5.74) is -0.353. The highest BCUT2D eigenvalue weighted by molar-refractivity contribution is 6.12. The number of oxime groups is 2. The Morgan fingerprint density at radius 1 is 0.850 bits per heavy atom. The highest BCUT2D eigenvalue weighted by Gasteiger charge is 2.50. The van der Waals surface area contributed by atoms with E-state index in [0.29, 0.717) is 22.6 Å². The lowest BCUT2D eigenvalue weighted by Gasteiger charge is -2.25. The van der Waals surface area contributed by atoms with E-state index < -0.39 is 32.8 Å². The molecular weight excluding hydrogens is 528 g/mol. The third-order valence-corrected chi connectivity index (χ3v) is 6.31. The Morgan fingerprint density at radius 2 is 1.35 bits per heavy atom. The highest BCUT2D eigenvalue weighted by atomic mass is 16.7. The summed E-state index contributed by atoms with van der Waals surface area (Å²) < 4.78 is 10.1. The van der Waals surface area contributed by atoms with Gasteiger partial charge in [-0.3, -0.25) is 25.0 Å². The lowest BCUT2D eigenvalue weighted by atomic mass is 9.77. The predicted molar refractivity (Wildman–Crippen MR) is 141 cm³/mol. The Hall–Kier alpha value is -4.88. The zero-order valence-electron chi connectivity index (χ0n) is 22.3.